The van der Waals surface area contributed by atoms with Gasteiger partial charge in [0.2, 0.25) is 0 Å². The zero-order valence-corrected chi connectivity index (χ0v) is 15.7. The molecule has 0 spiro atoms. The van der Waals surface area contributed by atoms with Gasteiger partial charge in [-0.3, -0.25) is 19.7 Å². The zero-order chi connectivity index (χ0) is 18.9. The lowest BCUT2D eigenvalue weighted by atomic mass is 10.2. The fraction of sp³-hybridized carbons (Fsp3) is 0.278. The number of thiophene rings is 1. The van der Waals surface area contributed by atoms with E-state index in [9.17, 15) is 14.4 Å². The zero-order valence-electron chi connectivity index (χ0n) is 14.1. The molecule has 138 valence electrons. The number of nitrogens with one attached hydrogen (secondary N) is 1. The number of carbonyl (C=O) groups is 3. The van der Waals surface area contributed by atoms with Crippen molar-refractivity contribution in [3.05, 3.63) is 51.2 Å². The van der Waals surface area contributed by atoms with Crippen LogP contribution in [0.25, 0.3) is 0 Å². The van der Waals surface area contributed by atoms with Gasteiger partial charge in [-0.15, -0.1) is 11.3 Å². The Balaban J connectivity index is 1.61. The van der Waals surface area contributed by atoms with E-state index in [2.05, 4.69) is 5.32 Å². The number of aryl methyl sites for hydroxylation is 1. The summed E-state index contributed by atoms with van der Waals surface area (Å²) in [5, 5.41) is 4.52. The van der Waals surface area contributed by atoms with Crippen LogP contribution < -0.4 is 10.1 Å². The first-order valence-electron chi connectivity index (χ1n) is 7.88. The van der Waals surface area contributed by atoms with Gasteiger partial charge in [-0.1, -0.05) is 17.7 Å². The minimum absolute atomic E-state index is 0.110. The Hall–Kier alpha value is -2.38. The molecule has 0 radical (unpaired) electrons. The largest absolute Gasteiger partial charge is 0.493 e. The Morgan fingerprint density at radius 1 is 1.23 bits per heavy atom. The molecule has 2 rings (SSSR count). The SMILES string of the molecule is Cc1cc(Cl)ccc1OCCCC(=O)OCC(=O)NC(=O)c1cccs1. The van der Waals surface area contributed by atoms with Crippen LogP contribution in [0.2, 0.25) is 5.02 Å². The average Bonchev–Trinajstić information content (AvgIpc) is 3.13. The Morgan fingerprint density at radius 2 is 2.04 bits per heavy atom. The van der Waals surface area contributed by atoms with Gasteiger partial charge in [-0.05, 0) is 48.6 Å². The highest BCUT2D eigenvalue weighted by Crippen LogP contribution is 2.21. The van der Waals surface area contributed by atoms with Crippen molar-refractivity contribution in [2.75, 3.05) is 13.2 Å². The maximum Gasteiger partial charge on any atom is 0.306 e. The minimum Gasteiger partial charge on any atom is -0.493 e. The highest BCUT2D eigenvalue weighted by atomic mass is 35.5. The number of halogens is 1. The third-order valence-electron chi connectivity index (χ3n) is 3.28. The molecule has 2 aromatic rings. The van der Waals surface area contributed by atoms with Crippen molar-refractivity contribution in [2.45, 2.75) is 19.8 Å². The molecule has 6 nitrogen and oxygen atoms in total. The Morgan fingerprint density at radius 3 is 2.73 bits per heavy atom. The van der Waals surface area contributed by atoms with E-state index in [4.69, 9.17) is 21.1 Å². The summed E-state index contributed by atoms with van der Waals surface area (Å²) in [6.07, 6.45) is 0.551. The Labute approximate surface area is 160 Å². The van der Waals surface area contributed by atoms with Crippen molar-refractivity contribution in [2.24, 2.45) is 0 Å². The van der Waals surface area contributed by atoms with Gasteiger partial charge in [-0.2, -0.15) is 0 Å². The lowest BCUT2D eigenvalue weighted by molar-refractivity contribution is -0.148. The minimum atomic E-state index is -0.662. The molecule has 0 aliphatic rings. The average molecular weight is 396 g/mol. The fourth-order valence-electron chi connectivity index (χ4n) is 2.02. The first kappa shape index (κ1) is 19.9. The lowest BCUT2D eigenvalue weighted by Crippen LogP contribution is -2.33. The molecule has 1 aromatic carbocycles. The van der Waals surface area contributed by atoms with E-state index >= 15 is 0 Å². The van der Waals surface area contributed by atoms with Gasteiger partial charge < -0.3 is 9.47 Å². The quantitative estimate of drug-likeness (QED) is 0.547. The van der Waals surface area contributed by atoms with Crippen LogP contribution in [0.1, 0.15) is 28.1 Å². The number of rotatable bonds is 8. The van der Waals surface area contributed by atoms with Crippen LogP contribution in [0, 0.1) is 6.92 Å². The van der Waals surface area contributed by atoms with Gasteiger partial charge >= 0.3 is 5.97 Å². The molecule has 0 unspecified atom stereocenters. The second-order valence-corrected chi connectivity index (χ2v) is 6.76. The molecule has 8 heteroatoms. The summed E-state index contributed by atoms with van der Waals surface area (Å²) in [6.45, 7) is 1.72. The molecular weight excluding hydrogens is 378 g/mol. The van der Waals surface area contributed by atoms with E-state index in [0.717, 1.165) is 5.56 Å². The van der Waals surface area contributed by atoms with Gasteiger partial charge in [0, 0.05) is 11.4 Å². The van der Waals surface area contributed by atoms with Gasteiger partial charge in [0.25, 0.3) is 11.8 Å². The molecule has 1 N–H and O–H groups in total. The van der Waals surface area contributed by atoms with Crippen LogP contribution in [-0.2, 0) is 14.3 Å². The summed E-state index contributed by atoms with van der Waals surface area (Å²) in [7, 11) is 0. The maximum absolute atomic E-state index is 11.7. The molecule has 0 aliphatic heterocycles. The molecule has 1 heterocycles. The van der Waals surface area contributed by atoms with E-state index in [0.29, 0.717) is 28.7 Å². The molecule has 2 amide bonds. The Kier molecular flexibility index (Phi) is 7.62. The number of benzene rings is 1. The van der Waals surface area contributed by atoms with Crippen LogP contribution in [0.5, 0.6) is 5.75 Å². The van der Waals surface area contributed by atoms with Crippen LogP contribution in [0.3, 0.4) is 0 Å². The molecule has 0 aliphatic carbocycles. The second kappa shape index (κ2) is 9.94. The first-order chi connectivity index (χ1) is 12.5. The van der Waals surface area contributed by atoms with Crippen molar-refractivity contribution in [1.82, 2.24) is 5.32 Å². The predicted molar refractivity (Wildman–Crippen MR) is 98.7 cm³/mol. The number of carbonyl (C=O) groups excluding carboxylic acids is 3. The molecule has 0 atom stereocenters. The third kappa shape index (κ3) is 6.50. The molecule has 0 bridgehead atoms. The molecule has 0 saturated carbocycles. The van der Waals surface area contributed by atoms with E-state index in [-0.39, 0.29) is 6.42 Å². The number of hydrogen-bond acceptors (Lipinski definition) is 6. The number of hydrogen-bond donors (Lipinski definition) is 1. The van der Waals surface area contributed by atoms with Crippen LogP contribution in [-0.4, -0.2) is 31.0 Å². The monoisotopic (exact) mass is 395 g/mol. The van der Waals surface area contributed by atoms with Crippen LogP contribution >= 0.6 is 22.9 Å². The summed E-state index contributed by atoms with van der Waals surface area (Å²) in [6, 6.07) is 8.60. The van der Waals surface area contributed by atoms with Gasteiger partial charge in [0.05, 0.1) is 11.5 Å². The smallest absolute Gasteiger partial charge is 0.306 e. The number of esters is 1. The molecular formula is C18H18ClNO5S. The molecule has 0 fully saturated rings. The number of ether oxygens (including phenoxy) is 2. The van der Waals surface area contributed by atoms with Crippen molar-refractivity contribution < 1.29 is 23.9 Å². The lowest BCUT2D eigenvalue weighted by Gasteiger charge is -2.09. The highest BCUT2D eigenvalue weighted by molar-refractivity contribution is 7.12. The second-order valence-electron chi connectivity index (χ2n) is 5.38. The van der Waals surface area contributed by atoms with E-state index in [1.54, 1.807) is 35.7 Å². The number of imide groups is 1. The van der Waals surface area contributed by atoms with E-state index < -0.39 is 24.4 Å². The molecule has 26 heavy (non-hydrogen) atoms. The standard InChI is InChI=1S/C18H18ClNO5S/c1-12-10-13(19)6-7-14(12)24-8-2-5-17(22)25-11-16(21)20-18(23)15-4-3-9-26-15/h3-4,6-7,9-10H,2,5,8,11H2,1H3,(H,20,21,23). The molecule has 1 aromatic heterocycles. The van der Waals surface area contributed by atoms with Gasteiger partial charge in [0.15, 0.2) is 6.61 Å². The highest BCUT2D eigenvalue weighted by Gasteiger charge is 2.13. The van der Waals surface area contributed by atoms with E-state index in [1.807, 2.05) is 6.92 Å². The Bertz CT molecular complexity index is 776. The summed E-state index contributed by atoms with van der Waals surface area (Å²) < 4.78 is 10.4. The van der Waals surface area contributed by atoms with Gasteiger partial charge in [-0.25, -0.2) is 0 Å². The van der Waals surface area contributed by atoms with Crippen molar-refractivity contribution in [3.8, 4) is 5.75 Å². The maximum atomic E-state index is 11.7. The fourth-order valence-corrected chi connectivity index (χ4v) is 2.87. The van der Waals surface area contributed by atoms with Crippen LogP contribution in [0.4, 0.5) is 0 Å². The molecule has 0 saturated heterocycles. The number of amides is 2. The third-order valence-corrected chi connectivity index (χ3v) is 4.39. The summed E-state index contributed by atoms with van der Waals surface area (Å²) in [5.74, 6) is -0.994. The summed E-state index contributed by atoms with van der Waals surface area (Å²) >= 11 is 7.09. The van der Waals surface area contributed by atoms with Crippen molar-refractivity contribution in [1.29, 1.82) is 0 Å². The van der Waals surface area contributed by atoms with Gasteiger partial charge in [0.1, 0.15) is 5.75 Å². The van der Waals surface area contributed by atoms with Crippen molar-refractivity contribution in [3.63, 3.8) is 0 Å². The normalized spacial score (nSPS) is 10.2. The first-order valence-corrected chi connectivity index (χ1v) is 9.13. The van der Waals surface area contributed by atoms with Crippen molar-refractivity contribution >= 4 is 40.7 Å². The predicted octanol–water partition coefficient (Wildman–Crippen LogP) is 3.37. The topological polar surface area (TPSA) is 81.7 Å². The summed E-state index contributed by atoms with van der Waals surface area (Å²) in [5.41, 5.74) is 0.909. The van der Waals surface area contributed by atoms with E-state index in [1.165, 1.54) is 11.3 Å². The van der Waals surface area contributed by atoms with Crippen LogP contribution in [0.15, 0.2) is 35.7 Å². The summed E-state index contributed by atoms with van der Waals surface area (Å²) in [4.78, 5) is 35.3.